The van der Waals surface area contributed by atoms with E-state index < -0.39 is 0 Å². The fourth-order valence-electron chi connectivity index (χ4n) is 2.38. The fourth-order valence-corrected chi connectivity index (χ4v) is 2.90. The Morgan fingerprint density at radius 2 is 1.80 bits per heavy atom. The quantitative estimate of drug-likeness (QED) is 0.674. The van der Waals surface area contributed by atoms with Gasteiger partial charge in [-0.2, -0.15) is 0 Å². The number of carbonyl (C=O) groups is 1. The summed E-state index contributed by atoms with van der Waals surface area (Å²) in [6.45, 7) is 0. The SMILES string of the molecule is COc1ccc(-c2nnc(S#CC=O)n2-c2ccccc2)cc1OC. The molecule has 0 saturated carbocycles. The summed E-state index contributed by atoms with van der Waals surface area (Å²) in [6.07, 6.45) is 0.602. The Kier molecular flexibility index (Phi) is 5.09. The summed E-state index contributed by atoms with van der Waals surface area (Å²) in [5, 5.41) is 11.6. The number of para-hydroxylation sites is 1. The number of hydrogen-bond donors (Lipinski definition) is 0. The summed E-state index contributed by atoms with van der Waals surface area (Å²) in [5.74, 6) is 1.86. The van der Waals surface area contributed by atoms with E-state index in [-0.39, 0.29) is 0 Å². The van der Waals surface area contributed by atoms with Gasteiger partial charge in [-0.1, -0.05) is 18.2 Å². The van der Waals surface area contributed by atoms with Gasteiger partial charge in [-0.05, 0) is 46.7 Å². The Morgan fingerprint density at radius 3 is 2.48 bits per heavy atom. The van der Waals surface area contributed by atoms with Crippen LogP contribution in [0.15, 0.2) is 53.7 Å². The summed E-state index contributed by atoms with van der Waals surface area (Å²) in [7, 11) is 3.17. The Bertz CT molecular complexity index is 959. The largest absolute Gasteiger partial charge is 0.493 e. The molecule has 1 heterocycles. The average Bonchev–Trinajstić information content (AvgIpc) is 3.10. The molecule has 0 bridgehead atoms. The zero-order valence-electron chi connectivity index (χ0n) is 13.7. The maximum Gasteiger partial charge on any atom is 0.224 e. The first kappa shape index (κ1) is 16.7. The lowest BCUT2D eigenvalue weighted by Gasteiger charge is -2.11. The van der Waals surface area contributed by atoms with Gasteiger partial charge in [0.15, 0.2) is 23.6 Å². The second-order valence-electron chi connectivity index (χ2n) is 4.88. The maximum atomic E-state index is 10.6. The highest BCUT2D eigenvalue weighted by atomic mass is 32.1. The highest BCUT2D eigenvalue weighted by Crippen LogP contribution is 2.33. The van der Waals surface area contributed by atoms with Crippen molar-refractivity contribution in [3.63, 3.8) is 0 Å². The van der Waals surface area contributed by atoms with Crippen LogP contribution >= 0.6 is 11.2 Å². The Balaban J connectivity index is 2.20. The molecule has 0 saturated heterocycles. The highest BCUT2D eigenvalue weighted by molar-refractivity contribution is 7.88. The number of benzene rings is 2. The van der Waals surface area contributed by atoms with E-state index in [1.807, 2.05) is 53.1 Å². The van der Waals surface area contributed by atoms with Crippen molar-refractivity contribution in [1.82, 2.24) is 14.8 Å². The molecule has 0 aliphatic carbocycles. The first-order valence-electron chi connectivity index (χ1n) is 7.37. The first-order chi connectivity index (χ1) is 12.3. The molecule has 6 nitrogen and oxygen atoms in total. The number of nitrogens with zero attached hydrogens (tertiary/aromatic N) is 3. The minimum atomic E-state index is 0.545. The molecule has 2 aromatic carbocycles. The molecule has 0 aliphatic rings. The Labute approximate surface area is 148 Å². The van der Waals surface area contributed by atoms with E-state index in [0.29, 0.717) is 28.8 Å². The summed E-state index contributed by atoms with van der Waals surface area (Å²) in [6, 6.07) is 15.2. The van der Waals surface area contributed by atoms with Crippen molar-refractivity contribution in [3.05, 3.63) is 48.5 Å². The van der Waals surface area contributed by atoms with Crippen LogP contribution in [-0.2, 0) is 4.79 Å². The fraction of sp³-hybridized carbons (Fsp3) is 0.111. The number of hydrogen-bond acceptors (Lipinski definition) is 5. The third-order valence-corrected chi connectivity index (χ3v) is 4.15. The third kappa shape index (κ3) is 3.38. The van der Waals surface area contributed by atoms with Gasteiger partial charge in [0.25, 0.3) is 0 Å². The van der Waals surface area contributed by atoms with Crippen LogP contribution in [0.3, 0.4) is 0 Å². The van der Waals surface area contributed by atoms with Gasteiger partial charge in [-0.15, -0.1) is 10.2 Å². The molecule has 126 valence electrons. The first-order valence-corrected chi connectivity index (χ1v) is 8.19. The second-order valence-corrected chi connectivity index (χ2v) is 5.69. The number of carbonyl (C=O) groups excluding carboxylic acids is 1. The number of methoxy groups -OCH3 is 2. The molecule has 0 unspecified atom stereocenters. The molecule has 0 N–H and O–H groups in total. The Hall–Kier alpha value is -3.15. The van der Waals surface area contributed by atoms with E-state index in [2.05, 4.69) is 15.4 Å². The average molecular weight is 353 g/mol. The monoisotopic (exact) mass is 353 g/mol. The molecule has 0 atom stereocenters. The van der Waals surface area contributed by atoms with Crippen LogP contribution < -0.4 is 9.47 Å². The molecule has 0 amide bonds. The number of aldehydes is 1. The molecule has 3 rings (SSSR count). The summed E-state index contributed by atoms with van der Waals surface area (Å²) < 4.78 is 12.5. The van der Waals surface area contributed by atoms with Crippen molar-refractivity contribution >= 4 is 17.5 Å². The molecule has 25 heavy (non-hydrogen) atoms. The van der Waals surface area contributed by atoms with Gasteiger partial charge in [-0.25, -0.2) is 0 Å². The number of rotatable bonds is 4. The van der Waals surface area contributed by atoms with E-state index in [1.165, 1.54) is 0 Å². The van der Waals surface area contributed by atoms with E-state index in [0.717, 1.165) is 22.4 Å². The standard InChI is InChI=1S/C18H15N3O3S/c1-23-15-9-8-13(12-16(15)24-2)17-19-20-18(25-11-10-22)21(17)14-6-4-3-5-7-14/h3-10,12H,1-2H3. The number of aromatic nitrogens is 3. The summed E-state index contributed by atoms with van der Waals surface area (Å²) in [5.41, 5.74) is 1.69. The van der Waals surface area contributed by atoms with Crippen LogP contribution in [-0.4, -0.2) is 35.3 Å². The Morgan fingerprint density at radius 1 is 1.04 bits per heavy atom. The van der Waals surface area contributed by atoms with Crippen molar-refractivity contribution in [3.8, 4) is 33.8 Å². The summed E-state index contributed by atoms with van der Waals surface area (Å²) in [4.78, 5) is 10.6. The van der Waals surface area contributed by atoms with Crippen molar-refractivity contribution < 1.29 is 14.3 Å². The van der Waals surface area contributed by atoms with Gasteiger partial charge >= 0.3 is 0 Å². The molecule has 0 spiro atoms. The van der Waals surface area contributed by atoms with Crippen LogP contribution in [0, 0.1) is 5.18 Å². The normalized spacial score (nSPS) is 10.0. The molecular weight excluding hydrogens is 338 g/mol. The van der Waals surface area contributed by atoms with Crippen molar-refractivity contribution in [2.75, 3.05) is 14.2 Å². The van der Waals surface area contributed by atoms with Crippen LogP contribution in [0.2, 0.25) is 0 Å². The van der Waals surface area contributed by atoms with E-state index in [9.17, 15) is 4.79 Å². The predicted octanol–water partition coefficient (Wildman–Crippen LogP) is 3.20. The van der Waals surface area contributed by atoms with Crippen LogP contribution in [0.1, 0.15) is 0 Å². The lowest BCUT2D eigenvalue weighted by atomic mass is 10.2. The van der Waals surface area contributed by atoms with Gasteiger partial charge in [0.2, 0.25) is 5.16 Å². The third-order valence-electron chi connectivity index (χ3n) is 3.49. The van der Waals surface area contributed by atoms with Crippen LogP contribution in [0.25, 0.3) is 17.1 Å². The molecule has 0 radical (unpaired) electrons. The molecule has 1 aromatic heterocycles. The van der Waals surface area contributed by atoms with Gasteiger partial charge < -0.3 is 9.47 Å². The van der Waals surface area contributed by atoms with Gasteiger partial charge in [-0.3, -0.25) is 9.36 Å². The van der Waals surface area contributed by atoms with E-state index in [1.54, 1.807) is 14.2 Å². The smallest absolute Gasteiger partial charge is 0.224 e. The van der Waals surface area contributed by atoms with Gasteiger partial charge in [0.05, 0.1) is 19.9 Å². The van der Waals surface area contributed by atoms with E-state index >= 15 is 0 Å². The minimum Gasteiger partial charge on any atom is -0.493 e. The zero-order valence-corrected chi connectivity index (χ0v) is 14.5. The predicted molar refractivity (Wildman–Crippen MR) is 95.7 cm³/mol. The topological polar surface area (TPSA) is 66.2 Å². The molecule has 0 aliphatic heterocycles. The number of ether oxygens (including phenoxy) is 2. The highest BCUT2D eigenvalue weighted by Gasteiger charge is 2.16. The molecule has 7 heteroatoms. The van der Waals surface area contributed by atoms with Crippen molar-refractivity contribution in [1.29, 1.82) is 0 Å². The molecule has 3 aromatic rings. The van der Waals surface area contributed by atoms with Gasteiger partial charge in [0.1, 0.15) is 0 Å². The lowest BCUT2D eigenvalue weighted by molar-refractivity contribution is -0.103. The minimum absolute atomic E-state index is 0.545. The lowest BCUT2D eigenvalue weighted by Crippen LogP contribution is -1.99. The summed E-state index contributed by atoms with van der Waals surface area (Å²) >= 11 is 1.09. The maximum absolute atomic E-state index is 10.6. The van der Waals surface area contributed by atoms with Crippen molar-refractivity contribution in [2.45, 2.75) is 5.16 Å². The van der Waals surface area contributed by atoms with E-state index in [4.69, 9.17) is 9.47 Å². The second kappa shape index (κ2) is 7.61. The van der Waals surface area contributed by atoms with Crippen LogP contribution in [0.5, 0.6) is 11.5 Å². The molecular formula is C18H15N3O3S. The van der Waals surface area contributed by atoms with Crippen molar-refractivity contribution in [2.24, 2.45) is 0 Å². The van der Waals surface area contributed by atoms with Gasteiger partial charge in [0, 0.05) is 5.56 Å². The van der Waals surface area contributed by atoms with Crippen LogP contribution in [0.4, 0.5) is 0 Å². The zero-order chi connectivity index (χ0) is 17.6. The molecule has 0 fully saturated rings.